The molecular weight excluding hydrogens is 632 g/mol. The first-order valence-corrected chi connectivity index (χ1v) is 16.2. The highest BCUT2D eigenvalue weighted by atomic mass is 19.4. The van der Waals surface area contributed by atoms with Crippen LogP contribution in [0.1, 0.15) is 82.9 Å². The Balaban J connectivity index is 1.41. The van der Waals surface area contributed by atoms with Crippen LogP contribution in [0.15, 0.2) is 43.0 Å². The molecule has 1 unspecified atom stereocenters. The highest BCUT2D eigenvalue weighted by Crippen LogP contribution is 2.37. The molecule has 1 aliphatic heterocycles. The maximum atomic E-state index is 15.0. The van der Waals surface area contributed by atoms with E-state index in [1.807, 2.05) is 24.9 Å². The number of aryl methyl sites for hydroxylation is 1. The van der Waals surface area contributed by atoms with E-state index in [1.54, 1.807) is 35.2 Å². The Bertz CT molecular complexity index is 1550. The number of halogens is 4. The van der Waals surface area contributed by atoms with Gasteiger partial charge in [0.2, 0.25) is 5.95 Å². The fourth-order valence-corrected chi connectivity index (χ4v) is 6.83. The van der Waals surface area contributed by atoms with Crippen LogP contribution in [-0.2, 0) is 35.0 Å². The number of anilines is 1. The van der Waals surface area contributed by atoms with Crippen LogP contribution in [0.4, 0.5) is 28.3 Å². The Hall–Kier alpha value is -4.23. The van der Waals surface area contributed by atoms with Gasteiger partial charge in [-0.1, -0.05) is 6.07 Å². The van der Waals surface area contributed by atoms with Gasteiger partial charge >= 0.3 is 18.2 Å². The fourth-order valence-electron chi connectivity index (χ4n) is 6.83. The second kappa shape index (κ2) is 13.7. The lowest BCUT2D eigenvalue weighted by Gasteiger charge is -2.46. The molecule has 0 bridgehead atoms. The van der Waals surface area contributed by atoms with Crippen molar-refractivity contribution in [2.24, 2.45) is 13.0 Å². The van der Waals surface area contributed by atoms with Gasteiger partial charge in [0.1, 0.15) is 11.8 Å². The normalized spacial score (nSPS) is 23.5. The minimum absolute atomic E-state index is 0.0272. The second-order valence-corrected chi connectivity index (χ2v) is 13.6. The van der Waals surface area contributed by atoms with Gasteiger partial charge in [-0.15, -0.1) is 0 Å². The van der Waals surface area contributed by atoms with Crippen LogP contribution in [0.25, 0.3) is 11.1 Å². The molecule has 2 fully saturated rings. The van der Waals surface area contributed by atoms with Crippen molar-refractivity contribution in [1.29, 1.82) is 0 Å². The lowest BCUT2D eigenvalue weighted by molar-refractivity contribution is -0.143. The third-order valence-electron chi connectivity index (χ3n) is 9.41. The summed E-state index contributed by atoms with van der Waals surface area (Å²) in [4.78, 5) is 37.4. The SMILES string of the molecule is C[C@@H]1CC(N(Cc2cc(C(C)(C)F)cc(C(F)(F)F)c2)c2ncc(-c3cnn(C)c3)cn2)C[C@H](C)N1C(=O)OC1CCC(C(=O)O)CC1. The number of ether oxygens (including phenoxy) is 1. The molecule has 5 rings (SSSR count). The van der Waals surface area contributed by atoms with Gasteiger partial charge in [0.15, 0.2) is 0 Å². The van der Waals surface area contributed by atoms with Crippen LogP contribution in [0, 0.1) is 5.92 Å². The molecule has 1 aromatic carbocycles. The Labute approximate surface area is 277 Å². The quantitative estimate of drug-likeness (QED) is 0.251. The predicted molar refractivity (Wildman–Crippen MR) is 170 cm³/mol. The third kappa shape index (κ3) is 8.07. The standard InChI is InChI=1S/C34H42F4N6O4/c1-20-10-28(11-21(2)44(20)32(47)48-29-8-6-23(7-9-29)30(45)46)43(31-39-15-24(16-40-31)25-17-41-42(5)19-25)18-22-12-26(33(3,4)35)14-27(13-22)34(36,37)38/h12-17,19-21,23,28-29H,6-11,18H2,1-5H3,(H,45,46)/t20-,21+,23?,28?,29?. The smallest absolute Gasteiger partial charge is 0.416 e. The largest absolute Gasteiger partial charge is 0.481 e. The number of carboxylic acid groups (broad SMARTS) is 1. The first-order valence-electron chi connectivity index (χ1n) is 16.2. The molecule has 3 atom stereocenters. The number of aliphatic carboxylic acids is 1. The van der Waals surface area contributed by atoms with Gasteiger partial charge in [-0.25, -0.2) is 19.2 Å². The molecule has 1 aliphatic carbocycles. The lowest BCUT2D eigenvalue weighted by atomic mass is 9.87. The summed E-state index contributed by atoms with van der Waals surface area (Å²) < 4.78 is 64.4. The van der Waals surface area contributed by atoms with Crippen molar-refractivity contribution >= 4 is 18.0 Å². The molecule has 260 valence electrons. The van der Waals surface area contributed by atoms with Gasteiger partial charge in [-0.3, -0.25) is 9.48 Å². The van der Waals surface area contributed by atoms with Crippen molar-refractivity contribution in [3.05, 3.63) is 59.7 Å². The fraction of sp³-hybridized carbons (Fsp3) is 0.559. The topological polar surface area (TPSA) is 114 Å². The van der Waals surface area contributed by atoms with E-state index in [0.717, 1.165) is 17.7 Å². The molecule has 2 aromatic heterocycles. The molecule has 1 amide bonds. The minimum atomic E-state index is -4.68. The summed E-state index contributed by atoms with van der Waals surface area (Å²) in [5, 5.41) is 13.5. The predicted octanol–water partition coefficient (Wildman–Crippen LogP) is 7.13. The van der Waals surface area contributed by atoms with E-state index in [9.17, 15) is 27.9 Å². The van der Waals surface area contributed by atoms with Crippen LogP contribution < -0.4 is 4.90 Å². The molecular formula is C34H42F4N6O4. The van der Waals surface area contributed by atoms with Gasteiger partial charge in [0, 0.05) is 61.4 Å². The summed E-state index contributed by atoms with van der Waals surface area (Å²) in [5.74, 6) is -0.972. The molecule has 1 saturated carbocycles. The number of piperidine rings is 1. The summed E-state index contributed by atoms with van der Waals surface area (Å²) >= 11 is 0. The molecule has 1 N–H and O–H groups in total. The van der Waals surface area contributed by atoms with Crippen molar-refractivity contribution in [3.63, 3.8) is 0 Å². The lowest BCUT2D eigenvalue weighted by Crippen LogP contribution is -2.56. The molecule has 14 heteroatoms. The third-order valence-corrected chi connectivity index (χ3v) is 9.41. The number of hydrogen-bond acceptors (Lipinski definition) is 7. The van der Waals surface area contributed by atoms with E-state index in [1.165, 1.54) is 19.9 Å². The molecule has 0 spiro atoms. The Kier molecular flexibility index (Phi) is 10.0. The van der Waals surface area contributed by atoms with E-state index >= 15 is 4.39 Å². The number of likely N-dealkylation sites (tertiary alicyclic amines) is 1. The number of benzene rings is 1. The second-order valence-electron chi connectivity index (χ2n) is 13.6. The summed E-state index contributed by atoms with van der Waals surface area (Å²) in [6.45, 7) is 6.20. The van der Waals surface area contributed by atoms with Crippen molar-refractivity contribution in [3.8, 4) is 11.1 Å². The van der Waals surface area contributed by atoms with E-state index in [-0.39, 0.29) is 47.8 Å². The van der Waals surface area contributed by atoms with Crippen molar-refractivity contribution in [2.75, 3.05) is 4.90 Å². The highest BCUT2D eigenvalue weighted by Gasteiger charge is 2.40. The van der Waals surface area contributed by atoms with E-state index in [4.69, 9.17) is 4.74 Å². The first kappa shape index (κ1) is 35.1. The Morgan fingerprint density at radius 2 is 1.54 bits per heavy atom. The Morgan fingerprint density at radius 1 is 0.938 bits per heavy atom. The van der Waals surface area contributed by atoms with E-state index < -0.39 is 35.4 Å². The van der Waals surface area contributed by atoms with Crippen molar-refractivity contribution < 1.29 is 37.0 Å². The number of aromatic nitrogens is 4. The molecule has 3 heterocycles. The monoisotopic (exact) mass is 674 g/mol. The van der Waals surface area contributed by atoms with Gasteiger partial charge in [-0.2, -0.15) is 18.3 Å². The first-order chi connectivity index (χ1) is 22.5. The number of alkyl halides is 4. The summed E-state index contributed by atoms with van der Waals surface area (Å²) in [7, 11) is 1.79. The summed E-state index contributed by atoms with van der Waals surface area (Å²) in [6.07, 6.45) is 4.00. The maximum absolute atomic E-state index is 15.0. The van der Waals surface area contributed by atoms with E-state index in [2.05, 4.69) is 15.1 Å². The zero-order valence-corrected chi connectivity index (χ0v) is 27.7. The van der Waals surface area contributed by atoms with Crippen molar-refractivity contribution in [2.45, 2.75) is 109 Å². The molecule has 48 heavy (non-hydrogen) atoms. The minimum Gasteiger partial charge on any atom is -0.481 e. The van der Waals surface area contributed by atoms with Gasteiger partial charge in [0.05, 0.1) is 17.7 Å². The van der Waals surface area contributed by atoms with Crippen LogP contribution in [0.5, 0.6) is 0 Å². The number of nitrogens with zero attached hydrogens (tertiary/aromatic N) is 6. The average molecular weight is 675 g/mol. The number of carboxylic acids is 1. The number of amides is 1. The summed E-state index contributed by atoms with van der Waals surface area (Å²) in [5.41, 5.74) is -1.27. The van der Waals surface area contributed by atoms with Crippen molar-refractivity contribution in [1.82, 2.24) is 24.6 Å². The van der Waals surface area contributed by atoms with Crippen LogP contribution >= 0.6 is 0 Å². The van der Waals surface area contributed by atoms with Crippen LogP contribution in [0.2, 0.25) is 0 Å². The zero-order chi connectivity index (χ0) is 35.0. The zero-order valence-electron chi connectivity index (χ0n) is 27.7. The Morgan fingerprint density at radius 3 is 2.06 bits per heavy atom. The molecule has 1 saturated heterocycles. The number of rotatable bonds is 8. The molecule has 0 radical (unpaired) electrons. The van der Waals surface area contributed by atoms with E-state index in [0.29, 0.717) is 44.1 Å². The van der Waals surface area contributed by atoms with Crippen LogP contribution in [-0.4, -0.2) is 66.0 Å². The number of carbonyl (C=O) groups is 2. The highest BCUT2D eigenvalue weighted by molar-refractivity contribution is 5.70. The van der Waals surface area contributed by atoms with Crippen LogP contribution in [0.3, 0.4) is 0 Å². The van der Waals surface area contributed by atoms with Gasteiger partial charge < -0.3 is 19.6 Å². The molecule has 3 aromatic rings. The average Bonchev–Trinajstić information content (AvgIpc) is 3.45. The van der Waals surface area contributed by atoms with Gasteiger partial charge in [-0.05, 0) is 89.5 Å². The molecule has 2 aliphatic rings. The molecule has 10 nitrogen and oxygen atoms in total. The number of hydrogen-bond donors (Lipinski definition) is 1. The number of carbonyl (C=O) groups excluding carboxylic acids is 1. The maximum Gasteiger partial charge on any atom is 0.416 e. The van der Waals surface area contributed by atoms with Gasteiger partial charge in [0.25, 0.3) is 0 Å². The summed E-state index contributed by atoms with van der Waals surface area (Å²) in [6, 6.07) is 2.43.